The van der Waals surface area contributed by atoms with E-state index < -0.39 is 11.7 Å². The normalized spacial score (nSPS) is 17.1. The Morgan fingerprint density at radius 3 is 2.67 bits per heavy atom. The van der Waals surface area contributed by atoms with Crippen molar-refractivity contribution in [2.45, 2.75) is 51.4 Å². The molecule has 0 unspecified atom stereocenters. The van der Waals surface area contributed by atoms with Crippen molar-refractivity contribution in [2.24, 2.45) is 0 Å². The van der Waals surface area contributed by atoms with Crippen LogP contribution >= 0.6 is 0 Å². The number of carbonyl (C=O) groups excluding carboxylic acids is 1. The van der Waals surface area contributed by atoms with Crippen LogP contribution in [0.1, 0.15) is 50.7 Å². The lowest BCUT2D eigenvalue weighted by Gasteiger charge is -2.21. The maximum atomic E-state index is 13.9. The quantitative estimate of drug-likeness (QED) is 0.885. The van der Waals surface area contributed by atoms with Crippen molar-refractivity contribution in [3.8, 4) is 0 Å². The van der Waals surface area contributed by atoms with Crippen LogP contribution in [0.25, 0.3) is 0 Å². The Morgan fingerprint density at radius 2 is 2.07 bits per heavy atom. The monoisotopic (exact) mass is 373 g/mol. The van der Waals surface area contributed by atoms with E-state index in [9.17, 15) is 13.6 Å². The number of fused-ring (bicyclic) bond motifs is 2. The first kappa shape index (κ1) is 17.8. The largest absolute Gasteiger partial charge is 0.325 e. The molecule has 1 N–H and O–H groups in total. The average molecular weight is 373 g/mol. The zero-order chi connectivity index (χ0) is 19.4. The van der Waals surface area contributed by atoms with Crippen molar-refractivity contribution in [1.82, 2.24) is 15.0 Å². The van der Waals surface area contributed by atoms with Crippen molar-refractivity contribution in [3.63, 3.8) is 0 Å². The SMILES string of the molecule is CCc1cc(N2CC3(CC3)c3cnc(NC(C)=O)cc32)nc(C(C)(F)F)n1. The second-order valence-electron chi connectivity index (χ2n) is 7.42. The highest BCUT2D eigenvalue weighted by atomic mass is 19.3. The Labute approximate surface area is 156 Å². The van der Waals surface area contributed by atoms with E-state index in [1.807, 2.05) is 11.8 Å². The van der Waals surface area contributed by atoms with Gasteiger partial charge in [0.05, 0.1) is 5.69 Å². The van der Waals surface area contributed by atoms with Crippen LogP contribution in [0.3, 0.4) is 0 Å². The van der Waals surface area contributed by atoms with E-state index >= 15 is 0 Å². The molecule has 142 valence electrons. The third-order valence-corrected chi connectivity index (χ3v) is 5.16. The van der Waals surface area contributed by atoms with Crippen LogP contribution in [0.4, 0.5) is 26.1 Å². The summed E-state index contributed by atoms with van der Waals surface area (Å²) in [5, 5.41) is 2.68. The molecule has 1 fully saturated rings. The number of pyridine rings is 1. The number of aryl methyl sites for hydroxylation is 1. The van der Waals surface area contributed by atoms with E-state index in [0.29, 0.717) is 30.3 Å². The zero-order valence-corrected chi connectivity index (χ0v) is 15.5. The lowest BCUT2D eigenvalue weighted by atomic mass is 10.0. The summed E-state index contributed by atoms with van der Waals surface area (Å²) in [6.07, 6.45) is 4.38. The number of nitrogens with one attached hydrogen (secondary N) is 1. The smallest absolute Gasteiger partial charge is 0.303 e. The summed E-state index contributed by atoms with van der Waals surface area (Å²) in [4.78, 5) is 25.8. The molecule has 1 aliphatic heterocycles. The first-order valence-electron chi connectivity index (χ1n) is 9.04. The molecule has 3 heterocycles. The molecule has 2 aliphatic rings. The summed E-state index contributed by atoms with van der Waals surface area (Å²) < 4.78 is 27.8. The van der Waals surface area contributed by atoms with E-state index in [1.54, 1.807) is 18.3 Å². The molecule has 0 saturated heterocycles. The molecule has 27 heavy (non-hydrogen) atoms. The fourth-order valence-electron chi connectivity index (χ4n) is 3.58. The summed E-state index contributed by atoms with van der Waals surface area (Å²) in [6, 6.07) is 3.56. The Bertz CT molecular complexity index is 921. The molecule has 6 nitrogen and oxygen atoms in total. The Balaban J connectivity index is 1.81. The van der Waals surface area contributed by atoms with Gasteiger partial charge < -0.3 is 10.2 Å². The molecule has 0 aromatic carbocycles. The molecule has 2 aromatic heterocycles. The topological polar surface area (TPSA) is 71.0 Å². The number of aromatic nitrogens is 3. The van der Waals surface area contributed by atoms with Gasteiger partial charge in [0.15, 0.2) is 0 Å². The number of hydrogen-bond acceptors (Lipinski definition) is 5. The molecular weight excluding hydrogens is 352 g/mol. The second kappa shape index (κ2) is 5.94. The fourth-order valence-corrected chi connectivity index (χ4v) is 3.58. The van der Waals surface area contributed by atoms with Gasteiger partial charge in [-0.1, -0.05) is 6.92 Å². The van der Waals surface area contributed by atoms with Crippen LogP contribution in [-0.2, 0) is 22.6 Å². The van der Waals surface area contributed by atoms with Gasteiger partial charge in [0.2, 0.25) is 11.7 Å². The minimum absolute atomic E-state index is 0.00328. The molecule has 0 bridgehead atoms. The fraction of sp³-hybridized carbons (Fsp3) is 0.474. The molecule has 0 radical (unpaired) electrons. The van der Waals surface area contributed by atoms with Gasteiger partial charge in [-0.15, -0.1) is 0 Å². The maximum absolute atomic E-state index is 13.9. The predicted molar refractivity (Wildman–Crippen MR) is 97.4 cm³/mol. The number of rotatable bonds is 4. The highest BCUT2D eigenvalue weighted by Crippen LogP contribution is 2.58. The van der Waals surface area contributed by atoms with Crippen molar-refractivity contribution in [2.75, 3.05) is 16.8 Å². The minimum atomic E-state index is -3.11. The summed E-state index contributed by atoms with van der Waals surface area (Å²) in [6.45, 7) is 4.78. The first-order chi connectivity index (χ1) is 12.7. The summed E-state index contributed by atoms with van der Waals surface area (Å²) in [5.41, 5.74) is 2.52. The minimum Gasteiger partial charge on any atom is -0.325 e. The van der Waals surface area contributed by atoms with Crippen molar-refractivity contribution >= 4 is 23.2 Å². The zero-order valence-electron chi connectivity index (χ0n) is 15.5. The number of nitrogens with zero attached hydrogens (tertiary/aromatic N) is 4. The number of halogens is 2. The van der Waals surface area contributed by atoms with Gasteiger partial charge >= 0.3 is 5.92 Å². The van der Waals surface area contributed by atoms with Crippen LogP contribution in [0.15, 0.2) is 18.3 Å². The van der Waals surface area contributed by atoms with Crippen LogP contribution in [0.5, 0.6) is 0 Å². The van der Waals surface area contributed by atoms with E-state index in [2.05, 4.69) is 20.3 Å². The molecule has 1 amide bonds. The molecule has 2 aromatic rings. The molecule has 0 atom stereocenters. The average Bonchev–Trinajstić information content (AvgIpc) is 3.31. The molecule has 1 saturated carbocycles. The molecule has 1 aliphatic carbocycles. The Kier molecular flexibility index (Phi) is 3.90. The van der Waals surface area contributed by atoms with Crippen molar-refractivity contribution in [3.05, 3.63) is 35.4 Å². The second-order valence-corrected chi connectivity index (χ2v) is 7.42. The predicted octanol–water partition coefficient (Wildman–Crippen LogP) is 3.69. The van der Waals surface area contributed by atoms with Gasteiger partial charge in [-0.2, -0.15) is 8.78 Å². The third kappa shape index (κ3) is 3.13. The highest BCUT2D eigenvalue weighted by molar-refractivity contribution is 5.89. The van der Waals surface area contributed by atoms with Crippen LogP contribution in [0, 0.1) is 0 Å². The number of amides is 1. The summed E-state index contributed by atoms with van der Waals surface area (Å²) in [5.74, 6) is -2.89. The van der Waals surface area contributed by atoms with Gasteiger partial charge in [-0.05, 0) is 19.3 Å². The number of hydrogen-bond donors (Lipinski definition) is 1. The van der Waals surface area contributed by atoms with E-state index in [0.717, 1.165) is 31.0 Å². The van der Waals surface area contributed by atoms with E-state index in [4.69, 9.17) is 0 Å². The van der Waals surface area contributed by atoms with Crippen molar-refractivity contribution < 1.29 is 13.6 Å². The number of carbonyl (C=O) groups is 1. The standard InChI is InChI=1S/C19H21F2N5O/c1-4-12-7-16(25-17(24-12)18(3,20)21)26-10-19(5-6-19)13-9-22-15(8-14(13)26)23-11(2)27/h7-9H,4-6,10H2,1-3H3,(H,22,23,27). The van der Waals surface area contributed by atoms with Crippen LogP contribution in [0.2, 0.25) is 0 Å². The summed E-state index contributed by atoms with van der Waals surface area (Å²) in [7, 11) is 0. The van der Waals surface area contributed by atoms with Gasteiger partial charge in [-0.25, -0.2) is 15.0 Å². The van der Waals surface area contributed by atoms with Gasteiger partial charge in [0.25, 0.3) is 0 Å². The maximum Gasteiger partial charge on any atom is 0.303 e. The molecule has 8 heteroatoms. The van der Waals surface area contributed by atoms with Gasteiger partial charge in [0.1, 0.15) is 11.6 Å². The lowest BCUT2D eigenvalue weighted by Crippen LogP contribution is -2.23. The lowest BCUT2D eigenvalue weighted by molar-refractivity contribution is -0.114. The third-order valence-electron chi connectivity index (χ3n) is 5.16. The van der Waals surface area contributed by atoms with E-state index in [-0.39, 0.29) is 11.3 Å². The molecule has 4 rings (SSSR count). The van der Waals surface area contributed by atoms with Crippen LogP contribution < -0.4 is 10.2 Å². The molecular formula is C19H21F2N5O. The Morgan fingerprint density at radius 1 is 1.33 bits per heavy atom. The first-order valence-corrected chi connectivity index (χ1v) is 9.04. The highest BCUT2D eigenvalue weighted by Gasteiger charge is 2.52. The van der Waals surface area contributed by atoms with Crippen LogP contribution in [-0.4, -0.2) is 27.4 Å². The van der Waals surface area contributed by atoms with Gasteiger partial charge in [0, 0.05) is 55.4 Å². The summed E-state index contributed by atoms with van der Waals surface area (Å²) >= 11 is 0. The van der Waals surface area contributed by atoms with Crippen molar-refractivity contribution in [1.29, 1.82) is 0 Å². The van der Waals surface area contributed by atoms with E-state index in [1.165, 1.54) is 6.92 Å². The number of anilines is 3. The molecule has 1 spiro atoms. The Hall–Kier alpha value is -2.64. The number of alkyl halides is 2. The van der Waals surface area contributed by atoms with Gasteiger partial charge in [-0.3, -0.25) is 4.79 Å².